The molecule has 13 aromatic carbocycles. The Hall–Kier alpha value is -12.0. The maximum atomic E-state index is 10.8. The molecular formula is C86H60N6. The van der Waals surface area contributed by atoms with Crippen molar-refractivity contribution in [2.45, 2.75) is 27.7 Å². The van der Waals surface area contributed by atoms with E-state index in [-0.39, 0.29) is 0 Å². The number of rotatable bonds is 11. The lowest BCUT2D eigenvalue weighted by Gasteiger charge is -2.20. The van der Waals surface area contributed by atoms with Crippen molar-refractivity contribution in [3.63, 3.8) is 0 Å². The van der Waals surface area contributed by atoms with Crippen LogP contribution < -0.4 is 0 Å². The first kappa shape index (κ1) is 55.3. The number of aryl methyl sites for hydroxylation is 4. The van der Waals surface area contributed by atoms with Gasteiger partial charge in [0, 0.05) is 49.5 Å². The largest absolute Gasteiger partial charge is 0.309 e. The van der Waals surface area contributed by atoms with Crippen molar-refractivity contribution in [1.29, 1.82) is 5.26 Å². The molecule has 0 unspecified atom stereocenters. The summed E-state index contributed by atoms with van der Waals surface area (Å²) >= 11 is 0. The van der Waals surface area contributed by atoms with Crippen molar-refractivity contribution in [3.05, 3.63) is 319 Å². The van der Waals surface area contributed by atoms with Crippen LogP contribution >= 0.6 is 0 Å². The monoisotopic (exact) mass is 1180 g/mol. The first-order valence-corrected chi connectivity index (χ1v) is 31.3. The van der Waals surface area contributed by atoms with Crippen LogP contribution in [0.25, 0.3) is 156 Å². The molecule has 0 aliphatic rings. The SMILES string of the molecule is Cc1cccc(-c2ccc3c(c2)c2cc(-c4cccc(C)c4)ccc2n3-c2ccc(-c3nc(-c4ccccc4)nc(-c4ccccc4)n3)c(-c3cc(-c4ccccc4C#N)ccc3-n3c4ccc(-c5cccc(C)c5)cc4c4cc(-c5cccc(C)c5)ccc43)c2)c1. The van der Waals surface area contributed by atoms with Gasteiger partial charge in [-0.1, -0.05) is 229 Å². The Kier molecular flexibility index (Phi) is 13.7. The Morgan fingerprint density at radius 2 is 0.641 bits per heavy atom. The van der Waals surface area contributed by atoms with Gasteiger partial charge < -0.3 is 9.13 Å². The number of hydrogen-bond donors (Lipinski definition) is 0. The summed E-state index contributed by atoms with van der Waals surface area (Å²) < 4.78 is 4.86. The second-order valence-electron chi connectivity index (χ2n) is 24.2. The molecule has 0 radical (unpaired) electrons. The molecule has 6 heteroatoms. The third-order valence-electron chi connectivity index (χ3n) is 18.0. The maximum absolute atomic E-state index is 10.8. The van der Waals surface area contributed by atoms with Gasteiger partial charge in [0.15, 0.2) is 17.5 Å². The van der Waals surface area contributed by atoms with E-state index in [1.807, 2.05) is 60.7 Å². The van der Waals surface area contributed by atoms with Crippen LogP contribution in [0, 0.1) is 39.0 Å². The third kappa shape index (κ3) is 9.99. The van der Waals surface area contributed by atoms with Crippen molar-refractivity contribution >= 4 is 43.6 Å². The number of hydrogen-bond acceptors (Lipinski definition) is 4. The quantitative estimate of drug-likeness (QED) is 0.129. The second-order valence-corrected chi connectivity index (χ2v) is 24.2. The van der Waals surface area contributed by atoms with Gasteiger partial charge in [-0.15, -0.1) is 0 Å². The topological polar surface area (TPSA) is 72.3 Å². The predicted molar refractivity (Wildman–Crippen MR) is 381 cm³/mol. The van der Waals surface area contributed by atoms with Crippen LogP contribution in [-0.4, -0.2) is 24.1 Å². The standard InChI is InChI=1S/C86H60N6/c1-54-17-13-26-60(43-54)64-31-38-79-75(47-64)76-48-65(61-27-14-18-55(2)44-61)32-39-80(76)91(79)70-36-37-72(86-89-84(58-21-7-5-8-22-58)88-85(90-86)59-23-9-6-10-24-59)73(52-70)74-51-68(71-30-12-11-25-69(71)53-87)35-42-81(74)92-82-40-33-66(62-28-15-19-56(3)45-62)49-77(82)78-50-67(34-41-83(78)92)63-29-16-20-57(4)46-63/h5-52H,1-4H3. The minimum absolute atomic E-state index is 0.522. The molecule has 0 bridgehead atoms. The number of benzene rings is 13. The van der Waals surface area contributed by atoms with Crippen LogP contribution in [0.4, 0.5) is 0 Å². The summed E-state index contributed by atoms with van der Waals surface area (Å²) in [6, 6.07) is 107. The highest BCUT2D eigenvalue weighted by Crippen LogP contribution is 2.46. The summed E-state index contributed by atoms with van der Waals surface area (Å²) in [5, 5.41) is 15.4. The van der Waals surface area contributed by atoms with Crippen molar-refractivity contribution in [2.24, 2.45) is 0 Å². The Morgan fingerprint density at radius 1 is 0.261 bits per heavy atom. The molecule has 16 aromatic rings. The lowest BCUT2D eigenvalue weighted by atomic mass is 9.91. The van der Waals surface area contributed by atoms with Crippen molar-refractivity contribution in [1.82, 2.24) is 24.1 Å². The van der Waals surface area contributed by atoms with Gasteiger partial charge in [-0.3, -0.25) is 0 Å². The van der Waals surface area contributed by atoms with E-state index in [1.54, 1.807) is 0 Å². The van der Waals surface area contributed by atoms with Crippen LogP contribution in [0.1, 0.15) is 27.8 Å². The van der Waals surface area contributed by atoms with E-state index in [4.69, 9.17) is 15.0 Å². The highest BCUT2D eigenvalue weighted by molar-refractivity contribution is 6.14. The number of fused-ring (bicyclic) bond motifs is 6. The van der Waals surface area contributed by atoms with Crippen LogP contribution in [0.15, 0.2) is 291 Å². The fraction of sp³-hybridized carbons (Fsp3) is 0.0465. The summed E-state index contributed by atoms with van der Waals surface area (Å²) in [6.45, 7) is 8.61. The van der Waals surface area contributed by atoms with Crippen molar-refractivity contribution < 1.29 is 0 Å². The zero-order chi connectivity index (χ0) is 62.0. The van der Waals surface area contributed by atoms with E-state index >= 15 is 0 Å². The lowest BCUT2D eigenvalue weighted by Crippen LogP contribution is -2.04. The van der Waals surface area contributed by atoms with E-state index < -0.39 is 0 Å². The number of nitrogens with zero attached hydrogens (tertiary/aromatic N) is 6. The zero-order valence-corrected chi connectivity index (χ0v) is 51.4. The molecule has 3 aromatic heterocycles. The fourth-order valence-corrected chi connectivity index (χ4v) is 13.6. The molecule has 434 valence electrons. The molecule has 0 aliphatic heterocycles. The Labute approximate surface area is 535 Å². The van der Waals surface area contributed by atoms with Gasteiger partial charge in [0.05, 0.1) is 39.4 Å². The Morgan fingerprint density at radius 3 is 1.08 bits per heavy atom. The number of aromatic nitrogens is 5. The molecule has 3 heterocycles. The molecule has 0 saturated heterocycles. The fourth-order valence-electron chi connectivity index (χ4n) is 13.6. The first-order chi connectivity index (χ1) is 45.2. The minimum atomic E-state index is 0.522. The predicted octanol–water partition coefficient (Wildman–Crippen LogP) is 22.2. The van der Waals surface area contributed by atoms with Gasteiger partial charge >= 0.3 is 0 Å². The van der Waals surface area contributed by atoms with Gasteiger partial charge in [-0.2, -0.15) is 5.26 Å². The van der Waals surface area contributed by atoms with Crippen LogP contribution in [0.3, 0.4) is 0 Å². The average molecular weight is 1180 g/mol. The van der Waals surface area contributed by atoms with Gasteiger partial charge in [-0.25, -0.2) is 15.0 Å². The first-order valence-electron chi connectivity index (χ1n) is 31.3. The minimum Gasteiger partial charge on any atom is -0.309 e. The summed E-state index contributed by atoms with van der Waals surface area (Å²) in [5.74, 6) is 1.65. The van der Waals surface area contributed by atoms with E-state index in [1.165, 1.54) is 33.4 Å². The van der Waals surface area contributed by atoms with Crippen molar-refractivity contribution in [3.8, 4) is 118 Å². The smallest absolute Gasteiger partial charge is 0.164 e. The third-order valence-corrected chi connectivity index (χ3v) is 18.0. The molecule has 0 N–H and O–H groups in total. The summed E-state index contributed by atoms with van der Waals surface area (Å²) in [7, 11) is 0. The average Bonchev–Trinajstić information content (AvgIpc) is 1.54. The Bertz CT molecular complexity index is 5380. The van der Waals surface area contributed by atoms with Gasteiger partial charge in [0.25, 0.3) is 0 Å². The van der Waals surface area contributed by atoms with Crippen LogP contribution in [-0.2, 0) is 0 Å². The zero-order valence-electron chi connectivity index (χ0n) is 51.4. The molecule has 0 spiro atoms. The molecular weight excluding hydrogens is 1120 g/mol. The van der Waals surface area contributed by atoms with E-state index in [2.05, 4.69) is 273 Å². The molecule has 0 amide bonds. The van der Waals surface area contributed by atoms with E-state index in [0.717, 1.165) is 127 Å². The molecule has 0 saturated carbocycles. The van der Waals surface area contributed by atoms with Crippen molar-refractivity contribution in [2.75, 3.05) is 0 Å². The van der Waals surface area contributed by atoms with E-state index in [0.29, 0.717) is 23.0 Å². The summed E-state index contributed by atoms with van der Waals surface area (Å²) in [4.78, 5) is 16.2. The molecule has 6 nitrogen and oxygen atoms in total. The van der Waals surface area contributed by atoms with Gasteiger partial charge in [0.1, 0.15) is 0 Å². The van der Waals surface area contributed by atoms with Gasteiger partial charge in [0.2, 0.25) is 0 Å². The molecule has 0 aliphatic carbocycles. The highest BCUT2D eigenvalue weighted by Gasteiger charge is 2.25. The van der Waals surface area contributed by atoms with Crippen LogP contribution in [0.5, 0.6) is 0 Å². The molecule has 92 heavy (non-hydrogen) atoms. The molecule has 0 atom stereocenters. The summed E-state index contributed by atoms with van der Waals surface area (Å²) in [5.41, 5.74) is 26.9. The van der Waals surface area contributed by atoms with Gasteiger partial charge in [-0.05, 0) is 174 Å². The normalized spacial score (nSPS) is 11.5. The summed E-state index contributed by atoms with van der Waals surface area (Å²) in [6.07, 6.45) is 0. The van der Waals surface area contributed by atoms with Crippen LogP contribution in [0.2, 0.25) is 0 Å². The molecule has 0 fully saturated rings. The molecule has 16 rings (SSSR count). The van der Waals surface area contributed by atoms with E-state index in [9.17, 15) is 5.26 Å². The maximum Gasteiger partial charge on any atom is 0.164 e. The second kappa shape index (κ2) is 22.8. The number of nitriles is 1. The lowest BCUT2D eigenvalue weighted by molar-refractivity contribution is 1.07. The Balaban J connectivity index is 1.02. The highest BCUT2D eigenvalue weighted by atomic mass is 15.0.